The number of rotatable bonds is 4. The highest BCUT2D eigenvalue weighted by atomic mass is 16.5. The summed E-state index contributed by atoms with van der Waals surface area (Å²) in [5.41, 5.74) is 0. The zero-order valence-electron chi connectivity index (χ0n) is 11.1. The number of ether oxygens (including phenoxy) is 2. The summed E-state index contributed by atoms with van der Waals surface area (Å²) in [6.45, 7) is 1.69. The predicted molar refractivity (Wildman–Crippen MR) is 75.8 cm³/mol. The van der Waals surface area contributed by atoms with E-state index in [0.29, 0.717) is 6.10 Å². The van der Waals surface area contributed by atoms with Gasteiger partial charge < -0.3 is 14.8 Å². The van der Waals surface area contributed by atoms with Gasteiger partial charge in [-0.05, 0) is 25.0 Å². The quantitative estimate of drug-likeness (QED) is 0.915. The van der Waals surface area contributed by atoms with Crippen LogP contribution in [0.3, 0.4) is 0 Å². The first-order valence-corrected chi connectivity index (χ1v) is 6.65. The van der Waals surface area contributed by atoms with Crippen molar-refractivity contribution in [3.8, 4) is 5.75 Å². The lowest BCUT2D eigenvalue weighted by Crippen LogP contribution is -2.19. The standard InChI is InChI=1S/C15H18N2O2/c1-18-14-6-2-5-13-12(14)7-8-16-15(13)17-10-11-4-3-9-19-11/h2,5-8,11H,3-4,9-10H2,1H3,(H,16,17). The fourth-order valence-corrected chi connectivity index (χ4v) is 2.51. The summed E-state index contributed by atoms with van der Waals surface area (Å²) >= 11 is 0. The molecule has 1 aliphatic rings. The van der Waals surface area contributed by atoms with E-state index in [4.69, 9.17) is 9.47 Å². The van der Waals surface area contributed by atoms with Crippen LogP contribution in [0.2, 0.25) is 0 Å². The number of methoxy groups -OCH3 is 1. The van der Waals surface area contributed by atoms with Crippen LogP contribution in [0, 0.1) is 0 Å². The Bertz CT molecular complexity index is 565. The van der Waals surface area contributed by atoms with Gasteiger partial charge in [0.2, 0.25) is 0 Å². The maximum Gasteiger partial charge on any atom is 0.134 e. The Labute approximate surface area is 112 Å². The molecule has 0 radical (unpaired) electrons. The van der Waals surface area contributed by atoms with E-state index in [-0.39, 0.29) is 0 Å². The number of anilines is 1. The lowest BCUT2D eigenvalue weighted by Gasteiger charge is -2.13. The van der Waals surface area contributed by atoms with Crippen molar-refractivity contribution in [2.24, 2.45) is 0 Å². The van der Waals surface area contributed by atoms with Gasteiger partial charge in [-0.3, -0.25) is 0 Å². The van der Waals surface area contributed by atoms with Gasteiger partial charge >= 0.3 is 0 Å². The van der Waals surface area contributed by atoms with Crippen LogP contribution in [0.25, 0.3) is 10.8 Å². The van der Waals surface area contributed by atoms with E-state index in [9.17, 15) is 0 Å². The fourth-order valence-electron chi connectivity index (χ4n) is 2.51. The number of pyridine rings is 1. The lowest BCUT2D eigenvalue weighted by molar-refractivity contribution is 0.120. The molecule has 0 saturated carbocycles. The van der Waals surface area contributed by atoms with Crippen LogP contribution in [0.1, 0.15) is 12.8 Å². The first-order chi connectivity index (χ1) is 9.38. The van der Waals surface area contributed by atoms with Crippen molar-refractivity contribution in [2.45, 2.75) is 18.9 Å². The van der Waals surface area contributed by atoms with Crippen LogP contribution >= 0.6 is 0 Å². The van der Waals surface area contributed by atoms with Crippen molar-refractivity contribution in [1.29, 1.82) is 0 Å². The molecule has 1 saturated heterocycles. The van der Waals surface area contributed by atoms with Gasteiger partial charge in [-0.1, -0.05) is 12.1 Å². The van der Waals surface area contributed by atoms with Crippen molar-refractivity contribution >= 4 is 16.6 Å². The molecule has 0 bridgehead atoms. The van der Waals surface area contributed by atoms with Gasteiger partial charge in [0.1, 0.15) is 11.6 Å². The third-order valence-corrected chi connectivity index (χ3v) is 3.51. The van der Waals surface area contributed by atoms with Crippen LogP contribution in [-0.4, -0.2) is 31.3 Å². The first-order valence-electron chi connectivity index (χ1n) is 6.65. The van der Waals surface area contributed by atoms with Crippen LogP contribution in [0.4, 0.5) is 5.82 Å². The van der Waals surface area contributed by atoms with Crippen molar-refractivity contribution in [3.05, 3.63) is 30.5 Å². The van der Waals surface area contributed by atoms with Crippen LogP contribution < -0.4 is 10.1 Å². The molecule has 1 aromatic carbocycles. The molecule has 1 unspecified atom stereocenters. The Morgan fingerprint density at radius 3 is 3.11 bits per heavy atom. The molecular weight excluding hydrogens is 240 g/mol. The summed E-state index contributed by atoms with van der Waals surface area (Å²) in [5.74, 6) is 1.77. The SMILES string of the molecule is COc1cccc2c(NCC3CCCO3)nccc12. The number of benzene rings is 1. The van der Waals surface area contributed by atoms with Crippen LogP contribution in [0.15, 0.2) is 30.5 Å². The highest BCUT2D eigenvalue weighted by Gasteiger charge is 2.15. The van der Waals surface area contributed by atoms with Gasteiger partial charge in [0.25, 0.3) is 0 Å². The third kappa shape index (κ3) is 2.49. The molecule has 2 heterocycles. The number of fused-ring (bicyclic) bond motifs is 1. The maximum absolute atomic E-state index is 5.62. The molecule has 19 heavy (non-hydrogen) atoms. The molecule has 100 valence electrons. The molecule has 1 atom stereocenters. The maximum atomic E-state index is 5.62. The summed E-state index contributed by atoms with van der Waals surface area (Å²) in [7, 11) is 1.69. The Balaban J connectivity index is 1.86. The van der Waals surface area contributed by atoms with Crippen molar-refractivity contribution in [2.75, 3.05) is 25.6 Å². The van der Waals surface area contributed by atoms with Gasteiger partial charge in [0.05, 0.1) is 13.2 Å². The summed E-state index contributed by atoms with van der Waals surface area (Å²) in [6, 6.07) is 7.99. The van der Waals surface area contributed by atoms with Gasteiger partial charge in [0, 0.05) is 30.1 Å². The van der Waals surface area contributed by atoms with E-state index in [0.717, 1.165) is 48.3 Å². The topological polar surface area (TPSA) is 43.4 Å². The molecule has 4 nitrogen and oxygen atoms in total. The molecule has 0 amide bonds. The second kappa shape index (κ2) is 5.45. The molecule has 0 spiro atoms. The minimum Gasteiger partial charge on any atom is -0.496 e. The normalized spacial score (nSPS) is 18.7. The Kier molecular flexibility index (Phi) is 3.51. The largest absolute Gasteiger partial charge is 0.496 e. The average Bonchev–Trinajstić information content (AvgIpc) is 2.97. The number of hydrogen-bond acceptors (Lipinski definition) is 4. The molecule has 1 N–H and O–H groups in total. The smallest absolute Gasteiger partial charge is 0.134 e. The fraction of sp³-hybridized carbons (Fsp3) is 0.400. The Morgan fingerprint density at radius 1 is 1.37 bits per heavy atom. The van der Waals surface area contributed by atoms with Crippen LogP contribution in [-0.2, 0) is 4.74 Å². The summed E-state index contributed by atoms with van der Waals surface area (Å²) < 4.78 is 11.0. The third-order valence-electron chi connectivity index (χ3n) is 3.51. The zero-order valence-corrected chi connectivity index (χ0v) is 11.1. The second-order valence-corrected chi connectivity index (χ2v) is 4.73. The minimum atomic E-state index is 0.308. The van der Waals surface area contributed by atoms with E-state index in [2.05, 4.69) is 16.4 Å². The van der Waals surface area contributed by atoms with Gasteiger partial charge in [-0.15, -0.1) is 0 Å². The number of nitrogens with one attached hydrogen (secondary N) is 1. The van der Waals surface area contributed by atoms with E-state index in [1.165, 1.54) is 0 Å². The minimum absolute atomic E-state index is 0.308. The van der Waals surface area contributed by atoms with Crippen molar-refractivity contribution in [1.82, 2.24) is 4.98 Å². The Hall–Kier alpha value is -1.81. The molecule has 2 aromatic rings. The van der Waals surface area contributed by atoms with E-state index in [1.54, 1.807) is 7.11 Å². The monoisotopic (exact) mass is 258 g/mol. The zero-order chi connectivity index (χ0) is 13.1. The first kappa shape index (κ1) is 12.2. The van der Waals surface area contributed by atoms with Gasteiger partial charge in [0.15, 0.2) is 0 Å². The molecule has 1 aliphatic heterocycles. The van der Waals surface area contributed by atoms with Crippen molar-refractivity contribution in [3.63, 3.8) is 0 Å². The highest BCUT2D eigenvalue weighted by Crippen LogP contribution is 2.29. The lowest BCUT2D eigenvalue weighted by atomic mass is 10.1. The average molecular weight is 258 g/mol. The van der Waals surface area contributed by atoms with Crippen molar-refractivity contribution < 1.29 is 9.47 Å². The summed E-state index contributed by atoms with van der Waals surface area (Å²) in [4.78, 5) is 4.42. The molecular formula is C15H18N2O2. The Morgan fingerprint density at radius 2 is 2.32 bits per heavy atom. The summed E-state index contributed by atoms with van der Waals surface area (Å²) in [6.07, 6.45) is 4.40. The second-order valence-electron chi connectivity index (χ2n) is 4.73. The molecule has 1 fully saturated rings. The van der Waals surface area contributed by atoms with E-state index in [1.807, 2.05) is 24.4 Å². The number of nitrogens with zero attached hydrogens (tertiary/aromatic N) is 1. The van der Waals surface area contributed by atoms with Gasteiger partial charge in [-0.2, -0.15) is 0 Å². The molecule has 0 aliphatic carbocycles. The van der Waals surface area contributed by atoms with Gasteiger partial charge in [-0.25, -0.2) is 4.98 Å². The van der Waals surface area contributed by atoms with E-state index < -0.39 is 0 Å². The molecule has 4 heteroatoms. The highest BCUT2D eigenvalue weighted by molar-refractivity contribution is 5.95. The van der Waals surface area contributed by atoms with Crippen LogP contribution in [0.5, 0.6) is 5.75 Å². The van der Waals surface area contributed by atoms with E-state index >= 15 is 0 Å². The number of aromatic nitrogens is 1. The number of hydrogen-bond donors (Lipinski definition) is 1. The molecule has 1 aromatic heterocycles. The summed E-state index contributed by atoms with van der Waals surface area (Å²) in [5, 5.41) is 5.55. The predicted octanol–water partition coefficient (Wildman–Crippen LogP) is 2.83. The molecule has 3 rings (SSSR count).